The predicted molar refractivity (Wildman–Crippen MR) is 108 cm³/mol. The molecule has 0 saturated heterocycles. The number of hydrogen-bond acceptors (Lipinski definition) is 5. The summed E-state index contributed by atoms with van der Waals surface area (Å²) in [6, 6.07) is 14.0. The zero-order valence-corrected chi connectivity index (χ0v) is 16.7. The Bertz CT molecular complexity index is 916. The van der Waals surface area contributed by atoms with E-state index < -0.39 is 11.8 Å². The molecular weight excluding hydrogens is 380 g/mol. The second-order valence-corrected chi connectivity index (χ2v) is 6.34. The van der Waals surface area contributed by atoms with Gasteiger partial charge in [0.25, 0.3) is 0 Å². The number of ether oxygens (including phenoxy) is 2. The normalized spacial score (nSPS) is 11.4. The van der Waals surface area contributed by atoms with Crippen molar-refractivity contribution in [2.45, 2.75) is 13.3 Å². The quantitative estimate of drug-likeness (QED) is 0.167. The molecule has 146 valence electrons. The van der Waals surface area contributed by atoms with E-state index in [4.69, 9.17) is 21.1 Å². The third-order valence-electron chi connectivity index (χ3n) is 4.17. The fraction of sp³-hybridized carbons (Fsp3) is 0.227. The molecule has 5 nitrogen and oxygen atoms in total. The van der Waals surface area contributed by atoms with Gasteiger partial charge in [-0.25, -0.2) is 4.79 Å². The van der Waals surface area contributed by atoms with Crippen molar-refractivity contribution in [1.29, 1.82) is 0 Å². The van der Waals surface area contributed by atoms with Crippen LogP contribution in [-0.4, -0.2) is 37.6 Å². The Morgan fingerprint density at radius 2 is 1.61 bits per heavy atom. The van der Waals surface area contributed by atoms with Crippen LogP contribution in [0.15, 0.2) is 48.5 Å². The molecule has 0 spiro atoms. The lowest BCUT2D eigenvalue weighted by molar-refractivity contribution is -0.122. The number of aryl methyl sites for hydroxylation is 1. The summed E-state index contributed by atoms with van der Waals surface area (Å²) in [7, 11) is 2.77. The van der Waals surface area contributed by atoms with Crippen LogP contribution in [0.2, 0.25) is 0 Å². The molecule has 2 aromatic carbocycles. The van der Waals surface area contributed by atoms with Gasteiger partial charge in [-0.1, -0.05) is 36.4 Å². The minimum absolute atomic E-state index is 0.243. The highest BCUT2D eigenvalue weighted by Crippen LogP contribution is 2.31. The molecule has 2 rings (SSSR count). The maximum Gasteiger partial charge on any atom is 0.337 e. The first-order valence-electron chi connectivity index (χ1n) is 8.56. The third kappa shape index (κ3) is 4.87. The Kier molecular flexibility index (Phi) is 7.52. The van der Waals surface area contributed by atoms with Crippen molar-refractivity contribution in [2.75, 3.05) is 20.1 Å². The van der Waals surface area contributed by atoms with Gasteiger partial charge in [0.1, 0.15) is 5.76 Å². The van der Waals surface area contributed by atoms with Crippen LogP contribution in [0.4, 0.5) is 0 Å². The molecular formula is C22H21ClO5. The van der Waals surface area contributed by atoms with Crippen LogP contribution in [0.3, 0.4) is 0 Å². The average molecular weight is 401 g/mol. The van der Waals surface area contributed by atoms with Crippen LogP contribution in [-0.2, 0) is 19.1 Å². The molecule has 6 heteroatoms. The Labute approximate surface area is 168 Å². The molecule has 0 atom stereocenters. The lowest BCUT2D eigenvalue weighted by Crippen LogP contribution is -2.14. The second-order valence-electron chi connectivity index (χ2n) is 6.07. The van der Waals surface area contributed by atoms with Crippen molar-refractivity contribution in [3.8, 4) is 0 Å². The molecule has 0 radical (unpaired) electrons. The summed E-state index contributed by atoms with van der Waals surface area (Å²) >= 11 is 5.58. The maximum absolute atomic E-state index is 13.0. The SMILES string of the molecule is COC(=O)c1ccc(/C(C(=O)CC(=O)CCl)=C(\OC)c2ccccc2)c(C)c1. The van der Waals surface area contributed by atoms with Crippen molar-refractivity contribution in [2.24, 2.45) is 0 Å². The molecule has 0 heterocycles. The van der Waals surface area contributed by atoms with Crippen LogP contribution in [0.1, 0.15) is 33.5 Å². The fourth-order valence-electron chi connectivity index (χ4n) is 2.86. The van der Waals surface area contributed by atoms with Crippen LogP contribution in [0, 0.1) is 6.92 Å². The Morgan fingerprint density at radius 1 is 0.929 bits per heavy atom. The smallest absolute Gasteiger partial charge is 0.337 e. The van der Waals surface area contributed by atoms with Crippen molar-refractivity contribution in [1.82, 2.24) is 0 Å². The molecule has 0 aliphatic rings. The van der Waals surface area contributed by atoms with E-state index in [0.29, 0.717) is 28.0 Å². The molecule has 0 amide bonds. The average Bonchev–Trinajstić information content (AvgIpc) is 2.72. The number of allylic oxidation sites excluding steroid dienone is 1. The second kappa shape index (κ2) is 9.85. The van der Waals surface area contributed by atoms with Crippen LogP contribution < -0.4 is 0 Å². The highest BCUT2D eigenvalue weighted by atomic mass is 35.5. The van der Waals surface area contributed by atoms with Gasteiger partial charge in [-0.3, -0.25) is 9.59 Å². The number of methoxy groups -OCH3 is 2. The van der Waals surface area contributed by atoms with E-state index in [1.807, 2.05) is 30.3 Å². The number of ketones is 2. The third-order valence-corrected chi connectivity index (χ3v) is 4.47. The molecule has 0 unspecified atom stereocenters. The van der Waals surface area contributed by atoms with Gasteiger partial charge in [-0.15, -0.1) is 11.6 Å². The summed E-state index contributed by atoms with van der Waals surface area (Å²) in [5.41, 5.74) is 2.58. The molecule has 0 aromatic heterocycles. The number of benzene rings is 2. The van der Waals surface area contributed by atoms with E-state index in [0.717, 1.165) is 0 Å². The largest absolute Gasteiger partial charge is 0.495 e. The molecule has 0 aliphatic heterocycles. The summed E-state index contributed by atoms with van der Waals surface area (Å²) in [4.78, 5) is 36.6. The Hall–Kier alpha value is -2.92. The number of hydrogen-bond donors (Lipinski definition) is 0. The maximum atomic E-state index is 13.0. The monoisotopic (exact) mass is 400 g/mol. The van der Waals surface area contributed by atoms with Crippen LogP contribution >= 0.6 is 11.6 Å². The molecule has 0 saturated carbocycles. The molecule has 2 aromatic rings. The Balaban J connectivity index is 2.68. The van der Waals surface area contributed by atoms with E-state index in [9.17, 15) is 14.4 Å². The van der Waals surface area contributed by atoms with E-state index in [1.165, 1.54) is 14.2 Å². The van der Waals surface area contributed by atoms with Gasteiger partial charge in [-0.05, 0) is 30.2 Å². The van der Waals surface area contributed by atoms with Gasteiger partial charge in [0.2, 0.25) is 0 Å². The van der Waals surface area contributed by atoms with Crippen molar-refractivity contribution in [3.05, 3.63) is 70.8 Å². The van der Waals surface area contributed by atoms with Crippen molar-refractivity contribution in [3.63, 3.8) is 0 Å². The lowest BCUT2D eigenvalue weighted by atomic mass is 9.91. The van der Waals surface area contributed by atoms with Gasteiger partial charge < -0.3 is 9.47 Å². The molecule has 0 aliphatic carbocycles. The van der Waals surface area contributed by atoms with Crippen LogP contribution in [0.5, 0.6) is 0 Å². The zero-order valence-electron chi connectivity index (χ0n) is 16.0. The first-order chi connectivity index (χ1) is 13.4. The summed E-state index contributed by atoms with van der Waals surface area (Å²) in [5, 5.41) is 0. The number of alkyl halides is 1. The van der Waals surface area contributed by atoms with Gasteiger partial charge in [-0.2, -0.15) is 0 Å². The first kappa shape index (κ1) is 21.4. The minimum Gasteiger partial charge on any atom is -0.495 e. The predicted octanol–water partition coefficient (Wildman–Crippen LogP) is 4.06. The molecule has 28 heavy (non-hydrogen) atoms. The number of Topliss-reactive ketones (excluding diaryl/α,β-unsaturated/α-hetero) is 2. The van der Waals surface area contributed by atoms with Crippen molar-refractivity contribution >= 4 is 40.5 Å². The summed E-state index contributed by atoms with van der Waals surface area (Å²) < 4.78 is 10.3. The summed E-state index contributed by atoms with van der Waals surface area (Å²) in [6.07, 6.45) is -0.337. The van der Waals surface area contributed by atoms with Gasteiger partial charge in [0.05, 0.1) is 37.7 Å². The number of esters is 1. The minimum atomic E-state index is -0.473. The first-order valence-corrected chi connectivity index (χ1v) is 9.10. The standard InChI is InChI=1S/C22H21ClO5/c1-14-11-16(22(26)28-3)9-10-18(14)20(19(25)12-17(24)13-23)21(27-2)15-7-5-4-6-8-15/h4-11H,12-13H2,1-3H3/b21-20+. The molecule has 0 bridgehead atoms. The molecule has 0 fully saturated rings. The summed E-state index contributed by atoms with van der Waals surface area (Å²) in [5.74, 6) is -1.15. The van der Waals surface area contributed by atoms with Crippen LogP contribution in [0.25, 0.3) is 11.3 Å². The highest BCUT2D eigenvalue weighted by molar-refractivity contribution is 6.35. The summed E-state index contributed by atoms with van der Waals surface area (Å²) in [6.45, 7) is 1.77. The van der Waals surface area contributed by atoms with E-state index in [1.54, 1.807) is 25.1 Å². The van der Waals surface area contributed by atoms with E-state index in [-0.39, 0.29) is 23.7 Å². The number of carbonyl (C=O) groups is 3. The fourth-order valence-corrected chi connectivity index (χ4v) is 2.95. The van der Waals surface area contributed by atoms with Gasteiger partial charge in [0.15, 0.2) is 11.6 Å². The topological polar surface area (TPSA) is 69.7 Å². The molecule has 0 N–H and O–H groups in total. The highest BCUT2D eigenvalue weighted by Gasteiger charge is 2.24. The van der Waals surface area contributed by atoms with Gasteiger partial charge >= 0.3 is 5.97 Å². The van der Waals surface area contributed by atoms with E-state index in [2.05, 4.69) is 0 Å². The zero-order chi connectivity index (χ0) is 20.7. The number of carbonyl (C=O) groups excluding carboxylic acids is 3. The van der Waals surface area contributed by atoms with E-state index >= 15 is 0 Å². The lowest BCUT2D eigenvalue weighted by Gasteiger charge is -2.16. The van der Waals surface area contributed by atoms with Crippen molar-refractivity contribution < 1.29 is 23.9 Å². The number of halogens is 1. The Morgan fingerprint density at radius 3 is 2.14 bits per heavy atom. The number of rotatable bonds is 8. The van der Waals surface area contributed by atoms with Gasteiger partial charge in [0, 0.05) is 5.56 Å².